The number of pyridine rings is 1. The topological polar surface area (TPSA) is 124 Å². The van der Waals surface area contributed by atoms with E-state index in [-0.39, 0.29) is 36.1 Å². The van der Waals surface area contributed by atoms with Gasteiger partial charge in [-0.3, -0.25) is 0 Å². The Kier molecular flexibility index (Phi) is 6.81. The molecule has 4 rings (SSSR count). The fourth-order valence-corrected chi connectivity index (χ4v) is 3.93. The number of carbonyl (C=O) groups excluding carboxylic acids is 3. The second-order valence-electron chi connectivity index (χ2n) is 8.35. The van der Waals surface area contributed by atoms with Crippen molar-refractivity contribution in [2.75, 3.05) is 13.2 Å². The zero-order valence-electron chi connectivity index (χ0n) is 20.0. The van der Waals surface area contributed by atoms with Crippen LogP contribution in [0.3, 0.4) is 0 Å². The molecule has 0 spiro atoms. The van der Waals surface area contributed by atoms with Gasteiger partial charge in [-0.2, -0.15) is 5.10 Å². The van der Waals surface area contributed by atoms with E-state index in [1.165, 1.54) is 0 Å². The molecule has 0 saturated carbocycles. The molecule has 0 fully saturated rings. The Morgan fingerprint density at radius 2 is 1.89 bits per heavy atom. The molecule has 0 radical (unpaired) electrons. The molecule has 2 amide bonds. The van der Waals surface area contributed by atoms with E-state index in [2.05, 4.69) is 15.7 Å². The van der Waals surface area contributed by atoms with Gasteiger partial charge >= 0.3 is 18.0 Å². The van der Waals surface area contributed by atoms with Crippen LogP contribution in [0.25, 0.3) is 22.3 Å². The Bertz CT molecular complexity index is 1310. The summed E-state index contributed by atoms with van der Waals surface area (Å²) in [7, 11) is 0. The molecule has 3 aromatic rings. The minimum atomic E-state index is -0.631. The summed E-state index contributed by atoms with van der Waals surface area (Å²) in [5, 5.41) is 10.1. The van der Waals surface area contributed by atoms with Crippen LogP contribution in [0.4, 0.5) is 4.79 Å². The summed E-state index contributed by atoms with van der Waals surface area (Å²) in [5.41, 5.74) is 2.67. The summed E-state index contributed by atoms with van der Waals surface area (Å²) < 4.78 is 12.4. The van der Waals surface area contributed by atoms with Crippen molar-refractivity contribution in [3.05, 3.63) is 59.4 Å². The van der Waals surface area contributed by atoms with Gasteiger partial charge in [-0.25, -0.2) is 24.0 Å². The number of urea groups is 1. The van der Waals surface area contributed by atoms with Gasteiger partial charge < -0.3 is 20.1 Å². The maximum atomic E-state index is 13.3. The van der Waals surface area contributed by atoms with Gasteiger partial charge in [0.15, 0.2) is 5.65 Å². The maximum Gasteiger partial charge on any atom is 0.339 e. The van der Waals surface area contributed by atoms with Crippen molar-refractivity contribution in [1.29, 1.82) is 0 Å². The monoisotopic (exact) mass is 477 g/mol. The summed E-state index contributed by atoms with van der Waals surface area (Å²) in [6.45, 7) is 7.16. The highest BCUT2D eigenvalue weighted by atomic mass is 16.5. The predicted octanol–water partition coefficient (Wildman–Crippen LogP) is 3.35. The van der Waals surface area contributed by atoms with Crippen molar-refractivity contribution in [2.24, 2.45) is 0 Å². The van der Waals surface area contributed by atoms with Crippen molar-refractivity contribution in [2.45, 2.75) is 39.8 Å². The van der Waals surface area contributed by atoms with Crippen molar-refractivity contribution in [3.63, 3.8) is 0 Å². The lowest BCUT2D eigenvalue weighted by Gasteiger charge is -2.26. The van der Waals surface area contributed by atoms with Crippen LogP contribution in [0, 0.1) is 0 Å². The number of rotatable bonds is 7. The van der Waals surface area contributed by atoms with E-state index in [4.69, 9.17) is 14.5 Å². The molecule has 10 nitrogen and oxygen atoms in total. The largest absolute Gasteiger partial charge is 0.463 e. The second-order valence-corrected chi connectivity index (χ2v) is 8.35. The third-order valence-electron chi connectivity index (χ3n) is 5.56. The van der Waals surface area contributed by atoms with Gasteiger partial charge in [-0.15, -0.1) is 0 Å². The zero-order chi connectivity index (χ0) is 25.1. The molecule has 1 aliphatic rings. The summed E-state index contributed by atoms with van der Waals surface area (Å²) >= 11 is 0. The highest BCUT2D eigenvalue weighted by molar-refractivity contribution is 6.04. The molecule has 1 aromatic carbocycles. The van der Waals surface area contributed by atoms with Gasteiger partial charge in [0.1, 0.15) is 6.61 Å². The standard InChI is InChI=1S/C25H27N5O5/c1-5-34-24(32)21-15(4)27-25(33)29-20(21)13-35-23(31)17-11-19(16-9-7-6-8-10-16)28-22-18(17)12-26-30(22)14(2)3/h6-12,14-15H,5,13H2,1-4H3,(H2,27,29,33)/t15-/m0/s1. The number of fused-ring (bicyclic) bond motifs is 1. The van der Waals surface area contributed by atoms with E-state index < -0.39 is 24.0 Å². The van der Waals surface area contributed by atoms with Crippen LogP contribution in [0.5, 0.6) is 0 Å². The van der Waals surface area contributed by atoms with Gasteiger partial charge in [0.05, 0.1) is 46.8 Å². The molecule has 0 bridgehead atoms. The fraction of sp³-hybridized carbons (Fsp3) is 0.320. The SMILES string of the molecule is CCOC(=O)C1=C(COC(=O)c2cc(-c3ccccc3)nc3c2cnn3C(C)C)NC(=O)N[C@H]1C. The van der Waals surface area contributed by atoms with Crippen molar-refractivity contribution in [1.82, 2.24) is 25.4 Å². The lowest BCUT2D eigenvalue weighted by Crippen LogP contribution is -2.50. The lowest BCUT2D eigenvalue weighted by atomic mass is 10.0. The number of nitrogens with zero attached hydrogens (tertiary/aromatic N) is 3. The number of hydrogen-bond donors (Lipinski definition) is 2. The summed E-state index contributed by atoms with van der Waals surface area (Å²) in [5.74, 6) is -1.22. The van der Waals surface area contributed by atoms with Crippen LogP contribution >= 0.6 is 0 Å². The van der Waals surface area contributed by atoms with Crippen LogP contribution < -0.4 is 10.6 Å². The first-order chi connectivity index (χ1) is 16.8. The Morgan fingerprint density at radius 1 is 1.14 bits per heavy atom. The van der Waals surface area contributed by atoms with Gasteiger partial charge in [0.25, 0.3) is 0 Å². The highest BCUT2D eigenvalue weighted by Gasteiger charge is 2.30. The molecule has 10 heteroatoms. The number of aromatic nitrogens is 3. The fourth-order valence-electron chi connectivity index (χ4n) is 3.93. The number of hydrogen-bond acceptors (Lipinski definition) is 7. The number of benzene rings is 1. The second kappa shape index (κ2) is 9.96. The molecule has 182 valence electrons. The molecule has 35 heavy (non-hydrogen) atoms. The number of carbonyl (C=O) groups is 3. The summed E-state index contributed by atoms with van der Waals surface area (Å²) in [6.07, 6.45) is 1.59. The normalized spacial score (nSPS) is 15.7. The molecule has 1 atom stereocenters. The number of esters is 2. The van der Waals surface area contributed by atoms with Crippen LogP contribution in [-0.4, -0.2) is 52.0 Å². The van der Waals surface area contributed by atoms with Gasteiger partial charge in [0, 0.05) is 11.6 Å². The van der Waals surface area contributed by atoms with Crippen LogP contribution in [0.2, 0.25) is 0 Å². The average molecular weight is 478 g/mol. The van der Waals surface area contributed by atoms with E-state index in [1.54, 1.807) is 30.8 Å². The minimum absolute atomic E-state index is 0.0265. The molecule has 2 N–H and O–H groups in total. The molecule has 0 saturated heterocycles. The molecule has 2 aromatic heterocycles. The molecule has 0 aliphatic carbocycles. The van der Waals surface area contributed by atoms with E-state index in [0.29, 0.717) is 16.7 Å². The molecular formula is C25H27N5O5. The number of ether oxygens (including phenoxy) is 2. The minimum Gasteiger partial charge on any atom is -0.463 e. The van der Waals surface area contributed by atoms with Gasteiger partial charge in [-0.1, -0.05) is 30.3 Å². The molecule has 3 heterocycles. The van der Waals surface area contributed by atoms with Crippen LogP contribution in [-0.2, 0) is 14.3 Å². The predicted molar refractivity (Wildman–Crippen MR) is 128 cm³/mol. The molecular weight excluding hydrogens is 450 g/mol. The summed E-state index contributed by atoms with van der Waals surface area (Å²) in [4.78, 5) is 42.5. The zero-order valence-corrected chi connectivity index (χ0v) is 20.0. The molecule has 0 unspecified atom stereocenters. The van der Waals surface area contributed by atoms with Crippen LogP contribution in [0.15, 0.2) is 53.9 Å². The Hall–Kier alpha value is -4.21. The van der Waals surface area contributed by atoms with Crippen molar-refractivity contribution < 1.29 is 23.9 Å². The van der Waals surface area contributed by atoms with E-state index in [9.17, 15) is 14.4 Å². The van der Waals surface area contributed by atoms with E-state index in [1.807, 2.05) is 44.2 Å². The Morgan fingerprint density at radius 3 is 2.57 bits per heavy atom. The van der Waals surface area contributed by atoms with Crippen molar-refractivity contribution >= 4 is 29.0 Å². The lowest BCUT2D eigenvalue weighted by molar-refractivity contribution is -0.139. The van der Waals surface area contributed by atoms with Crippen LogP contribution in [0.1, 0.15) is 44.1 Å². The molecule has 1 aliphatic heterocycles. The third-order valence-corrected chi connectivity index (χ3v) is 5.56. The van der Waals surface area contributed by atoms with Gasteiger partial charge in [0.2, 0.25) is 0 Å². The highest BCUT2D eigenvalue weighted by Crippen LogP contribution is 2.27. The Labute approximate surface area is 202 Å². The quantitative estimate of drug-likeness (QED) is 0.500. The van der Waals surface area contributed by atoms with Crippen molar-refractivity contribution in [3.8, 4) is 11.3 Å². The number of amides is 2. The maximum absolute atomic E-state index is 13.3. The number of nitrogens with one attached hydrogen (secondary N) is 2. The first-order valence-corrected chi connectivity index (χ1v) is 11.4. The smallest absolute Gasteiger partial charge is 0.339 e. The third kappa shape index (κ3) is 4.86. The first-order valence-electron chi connectivity index (χ1n) is 11.4. The Balaban J connectivity index is 1.71. The first kappa shape index (κ1) is 23.9. The summed E-state index contributed by atoms with van der Waals surface area (Å²) in [6, 6.07) is 10.1. The van der Waals surface area contributed by atoms with E-state index in [0.717, 1.165) is 5.56 Å². The van der Waals surface area contributed by atoms with Gasteiger partial charge in [-0.05, 0) is 33.8 Å². The average Bonchev–Trinajstić information content (AvgIpc) is 3.26. The van der Waals surface area contributed by atoms with E-state index >= 15 is 0 Å².